The van der Waals surface area contributed by atoms with Crippen molar-refractivity contribution >= 4 is 17.8 Å². The van der Waals surface area contributed by atoms with Crippen molar-refractivity contribution in [3.8, 4) is 0 Å². The summed E-state index contributed by atoms with van der Waals surface area (Å²) in [4.78, 5) is 29.3. The fourth-order valence-electron chi connectivity index (χ4n) is 6.61. The van der Waals surface area contributed by atoms with E-state index in [1.54, 1.807) is 6.21 Å². The number of aliphatic hydroxyl groups excluding tert-OH is 1. The van der Waals surface area contributed by atoms with E-state index in [1.165, 1.54) is 0 Å². The van der Waals surface area contributed by atoms with Gasteiger partial charge < -0.3 is 5.11 Å². The maximum atomic E-state index is 12.5. The first-order valence-electron chi connectivity index (χ1n) is 9.10. The van der Waals surface area contributed by atoms with Crippen LogP contribution in [0.1, 0.15) is 52.9 Å². The van der Waals surface area contributed by atoms with Gasteiger partial charge in [0, 0.05) is 11.3 Å². The van der Waals surface area contributed by atoms with Gasteiger partial charge in [0.15, 0.2) is 11.6 Å². The first kappa shape index (κ1) is 15.5. The number of nitrogens with zero attached hydrogens (tertiary/aromatic N) is 1. The van der Waals surface area contributed by atoms with Gasteiger partial charge >= 0.3 is 0 Å². The summed E-state index contributed by atoms with van der Waals surface area (Å²) in [6.45, 7) is 6.34. The lowest BCUT2D eigenvalue weighted by Crippen LogP contribution is -2.58. The molecule has 1 N–H and O–H groups in total. The Bertz CT molecular complexity index is 599. The second-order valence-electron chi connectivity index (χ2n) is 8.81. The summed E-state index contributed by atoms with van der Waals surface area (Å²) >= 11 is 0. The van der Waals surface area contributed by atoms with Gasteiger partial charge in [0.05, 0.1) is 11.8 Å². The van der Waals surface area contributed by atoms with Crippen LogP contribution in [0.3, 0.4) is 0 Å². The SMILES string of the molecule is CC1C(=O)C=N[C@@]2(C)C1CC[C@@H]1[C@H]2CC[C@]2(C)C(=O)C(O)C[C@@H]12. The van der Waals surface area contributed by atoms with Gasteiger partial charge in [-0.3, -0.25) is 14.6 Å². The number of rotatable bonds is 0. The molecule has 23 heavy (non-hydrogen) atoms. The van der Waals surface area contributed by atoms with E-state index >= 15 is 0 Å². The molecule has 0 amide bonds. The molecule has 126 valence electrons. The highest BCUT2D eigenvalue weighted by Gasteiger charge is 2.63. The Hall–Kier alpha value is -1.03. The second-order valence-corrected chi connectivity index (χ2v) is 8.81. The summed E-state index contributed by atoms with van der Waals surface area (Å²) in [7, 11) is 0. The maximum absolute atomic E-state index is 12.5. The van der Waals surface area contributed by atoms with Crippen LogP contribution < -0.4 is 0 Å². The van der Waals surface area contributed by atoms with Gasteiger partial charge in [-0.1, -0.05) is 13.8 Å². The molecule has 0 aromatic rings. The highest BCUT2D eigenvalue weighted by molar-refractivity contribution is 6.29. The Labute approximate surface area is 137 Å². The van der Waals surface area contributed by atoms with Crippen molar-refractivity contribution in [3.05, 3.63) is 0 Å². The topological polar surface area (TPSA) is 66.7 Å². The summed E-state index contributed by atoms with van der Waals surface area (Å²) in [5, 5.41) is 10.1. The van der Waals surface area contributed by atoms with Crippen LogP contribution in [0.15, 0.2) is 4.99 Å². The summed E-state index contributed by atoms with van der Waals surface area (Å²) < 4.78 is 0. The minimum absolute atomic E-state index is 0.0579. The molecule has 0 aromatic carbocycles. The van der Waals surface area contributed by atoms with Gasteiger partial charge in [-0.15, -0.1) is 0 Å². The van der Waals surface area contributed by atoms with E-state index in [2.05, 4.69) is 13.8 Å². The number of ketones is 2. The molecule has 0 saturated heterocycles. The lowest BCUT2D eigenvalue weighted by Gasteiger charge is -2.57. The van der Waals surface area contributed by atoms with Crippen LogP contribution in [-0.2, 0) is 9.59 Å². The molecule has 4 nitrogen and oxygen atoms in total. The Morgan fingerprint density at radius 3 is 2.61 bits per heavy atom. The number of hydrogen-bond acceptors (Lipinski definition) is 4. The number of hydrogen-bond donors (Lipinski definition) is 1. The number of carbonyl (C=O) groups excluding carboxylic acids is 2. The third-order valence-electron chi connectivity index (χ3n) is 8.00. The normalized spacial score (nSPS) is 55.3. The molecule has 4 heteroatoms. The van der Waals surface area contributed by atoms with E-state index in [4.69, 9.17) is 4.99 Å². The van der Waals surface area contributed by atoms with Crippen molar-refractivity contribution in [2.75, 3.05) is 0 Å². The minimum Gasteiger partial charge on any atom is -0.385 e. The predicted molar refractivity (Wildman–Crippen MR) is 87.2 cm³/mol. The molecule has 3 fully saturated rings. The molecular weight excluding hydrogens is 290 g/mol. The summed E-state index contributed by atoms with van der Waals surface area (Å²) in [6.07, 6.45) is 5.33. The largest absolute Gasteiger partial charge is 0.385 e. The molecule has 4 aliphatic rings. The molecule has 3 aliphatic carbocycles. The first-order valence-corrected chi connectivity index (χ1v) is 9.10. The van der Waals surface area contributed by atoms with E-state index in [1.807, 2.05) is 6.92 Å². The van der Waals surface area contributed by atoms with Gasteiger partial charge in [-0.2, -0.15) is 0 Å². The molecule has 1 aliphatic heterocycles. The van der Waals surface area contributed by atoms with Crippen molar-refractivity contribution < 1.29 is 14.7 Å². The zero-order valence-corrected chi connectivity index (χ0v) is 14.3. The van der Waals surface area contributed by atoms with Crippen molar-refractivity contribution in [1.29, 1.82) is 0 Å². The molecule has 0 radical (unpaired) electrons. The smallest absolute Gasteiger partial charge is 0.176 e. The van der Waals surface area contributed by atoms with Crippen molar-refractivity contribution in [3.63, 3.8) is 0 Å². The van der Waals surface area contributed by atoms with Crippen LogP contribution in [-0.4, -0.2) is 34.5 Å². The molecule has 0 aromatic heterocycles. The van der Waals surface area contributed by atoms with Crippen LogP contribution >= 0.6 is 0 Å². The third kappa shape index (κ3) is 1.84. The molecule has 3 unspecified atom stereocenters. The highest BCUT2D eigenvalue weighted by atomic mass is 16.3. The van der Waals surface area contributed by atoms with Crippen molar-refractivity contribution in [1.82, 2.24) is 0 Å². The van der Waals surface area contributed by atoms with Crippen LogP contribution in [0.2, 0.25) is 0 Å². The van der Waals surface area contributed by atoms with Crippen molar-refractivity contribution in [2.45, 2.75) is 64.5 Å². The monoisotopic (exact) mass is 317 g/mol. The van der Waals surface area contributed by atoms with Gasteiger partial charge in [0.2, 0.25) is 0 Å². The van der Waals surface area contributed by atoms with E-state index in [-0.39, 0.29) is 34.4 Å². The van der Waals surface area contributed by atoms with E-state index < -0.39 is 6.10 Å². The molecule has 0 bridgehead atoms. The van der Waals surface area contributed by atoms with Gasteiger partial charge in [0.25, 0.3) is 0 Å². The number of Topliss-reactive ketones (excluding diaryl/α,β-unsaturated/α-hetero) is 2. The standard InChI is InChI=1S/C19H27NO3/c1-10-12-5-4-11-13(19(12,3)20-9-16(10)22)6-7-18(2)14(11)8-15(21)17(18)23/h9-15,21H,4-8H2,1-3H3/t10?,11-,12?,13-,14+,15?,18+,19+/m1/s1. The quantitative estimate of drug-likeness (QED) is 0.746. The molecule has 8 atom stereocenters. The molecule has 4 rings (SSSR count). The third-order valence-corrected chi connectivity index (χ3v) is 8.00. The summed E-state index contributed by atoms with van der Waals surface area (Å²) in [5.74, 6) is 1.78. The second kappa shape index (κ2) is 4.75. The van der Waals surface area contributed by atoms with Crippen LogP contribution in [0, 0.1) is 35.0 Å². The maximum Gasteiger partial charge on any atom is 0.176 e. The van der Waals surface area contributed by atoms with Gasteiger partial charge in [-0.25, -0.2) is 0 Å². The Balaban J connectivity index is 1.71. The van der Waals surface area contributed by atoms with Crippen LogP contribution in [0.25, 0.3) is 0 Å². The zero-order chi connectivity index (χ0) is 16.6. The minimum atomic E-state index is -0.773. The fourth-order valence-corrected chi connectivity index (χ4v) is 6.61. The molecular formula is C19H27NO3. The first-order chi connectivity index (χ1) is 10.8. The lowest BCUT2D eigenvalue weighted by molar-refractivity contribution is -0.138. The van der Waals surface area contributed by atoms with Gasteiger partial charge in [0.1, 0.15) is 6.10 Å². The van der Waals surface area contributed by atoms with Gasteiger partial charge in [-0.05, 0) is 62.7 Å². The number of carbonyl (C=O) groups is 2. The fraction of sp³-hybridized carbons (Fsp3) is 0.842. The van der Waals surface area contributed by atoms with E-state index in [0.29, 0.717) is 24.2 Å². The van der Waals surface area contributed by atoms with Crippen LogP contribution in [0.4, 0.5) is 0 Å². The Morgan fingerprint density at radius 2 is 1.87 bits per heavy atom. The highest BCUT2D eigenvalue weighted by Crippen LogP contribution is 2.62. The van der Waals surface area contributed by atoms with Crippen molar-refractivity contribution in [2.24, 2.45) is 40.0 Å². The average molecular weight is 317 g/mol. The average Bonchev–Trinajstić information content (AvgIpc) is 2.75. The Morgan fingerprint density at radius 1 is 1.13 bits per heavy atom. The number of fused-ring (bicyclic) bond motifs is 5. The van der Waals surface area contributed by atoms with Crippen LogP contribution in [0.5, 0.6) is 0 Å². The number of aliphatic imine (C=N–C) groups is 1. The summed E-state index contributed by atoms with van der Waals surface area (Å²) in [6, 6.07) is 0. The van der Waals surface area contributed by atoms with E-state index in [9.17, 15) is 14.7 Å². The lowest BCUT2D eigenvalue weighted by atomic mass is 9.48. The molecule has 0 spiro atoms. The molecule has 1 heterocycles. The number of aliphatic hydroxyl groups is 1. The van der Waals surface area contributed by atoms with E-state index in [0.717, 1.165) is 25.7 Å². The molecule has 3 saturated carbocycles. The zero-order valence-electron chi connectivity index (χ0n) is 14.3. The predicted octanol–water partition coefficient (Wildman–Crippen LogP) is 2.43. The summed E-state index contributed by atoms with van der Waals surface area (Å²) in [5.41, 5.74) is -0.516. The Kier molecular flexibility index (Phi) is 3.20.